The molecule has 8 heteroatoms. The molecule has 234 valence electrons. The maximum atomic E-state index is 5.89. The van der Waals surface area contributed by atoms with Crippen molar-refractivity contribution in [2.24, 2.45) is 0 Å². The molecule has 8 atom stereocenters. The zero-order chi connectivity index (χ0) is 29.5. The summed E-state index contributed by atoms with van der Waals surface area (Å²) in [5, 5.41) is 0. The Hall–Kier alpha value is -0.580. The summed E-state index contributed by atoms with van der Waals surface area (Å²) in [5.74, 6) is 0. The van der Waals surface area contributed by atoms with Gasteiger partial charge in [-0.25, -0.2) is 0 Å². The molecule has 0 heterocycles. The third-order valence-electron chi connectivity index (χ3n) is 7.91. The van der Waals surface area contributed by atoms with Crippen LogP contribution in [0.15, 0.2) is 12.7 Å². The Bertz CT molecular complexity index is 549. The number of ether oxygens (including phenoxy) is 8. The minimum atomic E-state index is -0.0176. The highest BCUT2D eigenvalue weighted by Crippen LogP contribution is 2.24. The van der Waals surface area contributed by atoms with Crippen LogP contribution in [0.25, 0.3) is 0 Å². The zero-order valence-electron chi connectivity index (χ0n) is 26.7. The first-order valence-corrected chi connectivity index (χ1v) is 14.7. The summed E-state index contributed by atoms with van der Waals surface area (Å²) in [5.41, 5.74) is 0. The molecule has 0 fully saturated rings. The van der Waals surface area contributed by atoms with Gasteiger partial charge in [0, 0.05) is 63.3 Å². The summed E-state index contributed by atoms with van der Waals surface area (Å²) in [7, 11) is 14.1. The van der Waals surface area contributed by atoms with Crippen molar-refractivity contribution >= 4 is 0 Å². The van der Waals surface area contributed by atoms with E-state index in [2.05, 4.69) is 13.5 Å². The van der Waals surface area contributed by atoms with E-state index >= 15 is 0 Å². The lowest BCUT2D eigenvalue weighted by molar-refractivity contribution is -0.0563. The van der Waals surface area contributed by atoms with Gasteiger partial charge in [-0.15, -0.1) is 6.58 Å². The van der Waals surface area contributed by atoms with Gasteiger partial charge < -0.3 is 37.9 Å². The molecule has 0 aliphatic heterocycles. The van der Waals surface area contributed by atoms with E-state index in [0.717, 1.165) is 57.8 Å². The Labute approximate surface area is 240 Å². The van der Waals surface area contributed by atoms with Crippen LogP contribution in [0.1, 0.15) is 84.0 Å². The van der Waals surface area contributed by atoms with Gasteiger partial charge in [0.25, 0.3) is 0 Å². The van der Waals surface area contributed by atoms with Crippen molar-refractivity contribution < 1.29 is 37.9 Å². The SMILES string of the molecule is C=CC[C@@H](C[C@@H](C[C@@H](CC(CC(C[C@@H](C[C@@H](C[C@@H](CCCCC)OC)OC)OC)OC)OC)OC)OC)OC. The summed E-state index contributed by atoms with van der Waals surface area (Å²) in [4.78, 5) is 0. The molecule has 0 aromatic rings. The third-order valence-corrected chi connectivity index (χ3v) is 7.91. The van der Waals surface area contributed by atoms with Crippen molar-refractivity contribution in [3.63, 3.8) is 0 Å². The zero-order valence-corrected chi connectivity index (χ0v) is 26.7. The van der Waals surface area contributed by atoms with Crippen LogP contribution >= 0.6 is 0 Å². The quantitative estimate of drug-likeness (QED) is 0.0850. The molecule has 0 spiro atoms. The smallest absolute Gasteiger partial charge is 0.0630 e. The fraction of sp³-hybridized carbons (Fsp3) is 0.935. The van der Waals surface area contributed by atoms with Gasteiger partial charge in [0.05, 0.1) is 48.8 Å². The number of hydrogen-bond donors (Lipinski definition) is 0. The average molecular weight is 563 g/mol. The molecule has 0 aliphatic carbocycles. The minimum absolute atomic E-state index is 0.00609. The van der Waals surface area contributed by atoms with Crippen LogP contribution in [0.4, 0.5) is 0 Å². The summed E-state index contributed by atoms with van der Waals surface area (Å²) < 4.78 is 46.4. The van der Waals surface area contributed by atoms with Crippen LogP contribution < -0.4 is 0 Å². The lowest BCUT2D eigenvalue weighted by Gasteiger charge is -2.30. The van der Waals surface area contributed by atoms with Gasteiger partial charge in [0.2, 0.25) is 0 Å². The highest BCUT2D eigenvalue weighted by molar-refractivity contribution is 4.81. The highest BCUT2D eigenvalue weighted by atomic mass is 16.5. The molecule has 0 bridgehead atoms. The summed E-state index contributed by atoms with van der Waals surface area (Å²) in [6.07, 6.45) is 13.2. The Kier molecular flexibility index (Phi) is 24.8. The highest BCUT2D eigenvalue weighted by Gasteiger charge is 2.27. The van der Waals surface area contributed by atoms with Crippen molar-refractivity contribution in [2.75, 3.05) is 56.9 Å². The summed E-state index contributed by atoms with van der Waals surface area (Å²) in [6.45, 7) is 6.05. The summed E-state index contributed by atoms with van der Waals surface area (Å²) in [6, 6.07) is 0. The van der Waals surface area contributed by atoms with E-state index < -0.39 is 0 Å². The molecule has 2 unspecified atom stereocenters. The molecule has 0 aromatic heterocycles. The first-order chi connectivity index (χ1) is 18.9. The first-order valence-electron chi connectivity index (χ1n) is 14.7. The first kappa shape index (κ1) is 38.4. The Morgan fingerprint density at radius 1 is 0.436 bits per heavy atom. The second-order valence-corrected chi connectivity index (χ2v) is 10.5. The molecule has 0 aliphatic rings. The number of hydrogen-bond acceptors (Lipinski definition) is 8. The van der Waals surface area contributed by atoms with Crippen molar-refractivity contribution in [2.45, 2.75) is 133 Å². The Balaban J connectivity index is 5.03. The van der Waals surface area contributed by atoms with E-state index in [1.165, 1.54) is 19.3 Å². The largest absolute Gasteiger partial charge is 0.381 e. The normalized spacial score (nSPS) is 18.2. The number of methoxy groups -OCH3 is 8. The van der Waals surface area contributed by atoms with Gasteiger partial charge in [-0.1, -0.05) is 32.3 Å². The van der Waals surface area contributed by atoms with Crippen LogP contribution in [-0.4, -0.2) is 106 Å². The van der Waals surface area contributed by atoms with E-state index in [0.29, 0.717) is 0 Å². The summed E-state index contributed by atoms with van der Waals surface area (Å²) >= 11 is 0. The van der Waals surface area contributed by atoms with Crippen LogP contribution in [0.5, 0.6) is 0 Å². The van der Waals surface area contributed by atoms with Gasteiger partial charge in [-0.05, 0) is 51.4 Å². The fourth-order valence-corrected chi connectivity index (χ4v) is 5.21. The van der Waals surface area contributed by atoms with Gasteiger partial charge in [-0.3, -0.25) is 0 Å². The van der Waals surface area contributed by atoms with E-state index in [1.807, 2.05) is 6.08 Å². The molecule has 0 amide bonds. The van der Waals surface area contributed by atoms with E-state index in [-0.39, 0.29) is 48.8 Å². The second-order valence-electron chi connectivity index (χ2n) is 10.5. The van der Waals surface area contributed by atoms with Gasteiger partial charge in [-0.2, -0.15) is 0 Å². The molecule has 8 nitrogen and oxygen atoms in total. The molecule has 0 saturated carbocycles. The number of rotatable bonds is 28. The van der Waals surface area contributed by atoms with Crippen molar-refractivity contribution in [3.05, 3.63) is 12.7 Å². The average Bonchev–Trinajstić information content (AvgIpc) is 2.96. The van der Waals surface area contributed by atoms with Crippen molar-refractivity contribution in [1.29, 1.82) is 0 Å². The molecular weight excluding hydrogens is 500 g/mol. The van der Waals surface area contributed by atoms with Crippen molar-refractivity contribution in [1.82, 2.24) is 0 Å². The maximum Gasteiger partial charge on any atom is 0.0630 e. The molecule has 0 saturated heterocycles. The van der Waals surface area contributed by atoms with Crippen LogP contribution in [-0.2, 0) is 37.9 Å². The van der Waals surface area contributed by atoms with Gasteiger partial charge in [0.1, 0.15) is 0 Å². The lowest BCUT2D eigenvalue weighted by Crippen LogP contribution is -2.33. The second kappa shape index (κ2) is 25.2. The molecule has 0 radical (unpaired) electrons. The van der Waals surface area contributed by atoms with E-state index in [4.69, 9.17) is 37.9 Å². The van der Waals surface area contributed by atoms with Crippen molar-refractivity contribution in [3.8, 4) is 0 Å². The molecule has 0 rings (SSSR count). The molecular formula is C31H62O8. The van der Waals surface area contributed by atoms with Gasteiger partial charge in [0.15, 0.2) is 0 Å². The van der Waals surface area contributed by atoms with Gasteiger partial charge >= 0.3 is 0 Å². The minimum Gasteiger partial charge on any atom is -0.381 e. The molecule has 0 N–H and O–H groups in total. The Morgan fingerprint density at radius 2 is 0.718 bits per heavy atom. The monoisotopic (exact) mass is 562 g/mol. The third kappa shape index (κ3) is 17.8. The van der Waals surface area contributed by atoms with E-state index in [1.54, 1.807) is 56.9 Å². The maximum absolute atomic E-state index is 5.89. The Morgan fingerprint density at radius 3 is 0.974 bits per heavy atom. The van der Waals surface area contributed by atoms with Crippen LogP contribution in [0, 0.1) is 0 Å². The molecule has 39 heavy (non-hydrogen) atoms. The van der Waals surface area contributed by atoms with Crippen LogP contribution in [0.2, 0.25) is 0 Å². The molecule has 0 aromatic carbocycles. The van der Waals surface area contributed by atoms with Crippen LogP contribution in [0.3, 0.4) is 0 Å². The standard InChI is InChI=1S/C31H62O8/c1-11-13-14-16-25(33-4)18-27(35-6)20-29(37-8)22-31(39-10)23-30(38-9)21-28(36-7)19-26(34-5)17-24(32-3)15-12-2/h12,24-31H,2,11,13-23H2,1,3-10H3/t24-,25+,26-,27+,28-,29+,30?,31?/m0/s1. The van der Waals surface area contributed by atoms with E-state index in [9.17, 15) is 0 Å². The predicted octanol–water partition coefficient (Wildman–Crippen LogP) is 5.99. The topological polar surface area (TPSA) is 73.8 Å². The lowest BCUT2D eigenvalue weighted by atomic mass is 9.94. The predicted molar refractivity (Wildman–Crippen MR) is 158 cm³/mol. The number of unbranched alkanes of at least 4 members (excludes halogenated alkanes) is 2. The fourth-order valence-electron chi connectivity index (χ4n) is 5.21.